The monoisotopic (exact) mass is 366 g/mol. The normalized spacial score (nSPS) is 18.7. The lowest BCUT2D eigenvalue weighted by molar-refractivity contribution is -0.121. The molecule has 2 atom stereocenters. The van der Waals surface area contributed by atoms with Gasteiger partial charge in [0.2, 0.25) is 5.91 Å². The van der Waals surface area contributed by atoms with Crippen molar-refractivity contribution in [2.24, 2.45) is 0 Å². The van der Waals surface area contributed by atoms with Gasteiger partial charge in [0.05, 0.1) is 5.69 Å². The van der Waals surface area contributed by atoms with Gasteiger partial charge in [-0.05, 0) is 56.9 Å². The van der Waals surface area contributed by atoms with Crippen LogP contribution in [0, 0.1) is 26.6 Å². The summed E-state index contributed by atoms with van der Waals surface area (Å²) in [5, 5.41) is 7.54. The van der Waals surface area contributed by atoms with Crippen molar-refractivity contribution in [2.45, 2.75) is 52.0 Å². The van der Waals surface area contributed by atoms with Crippen molar-refractivity contribution in [3.63, 3.8) is 0 Å². The Balaban J connectivity index is 1.38. The van der Waals surface area contributed by atoms with E-state index in [1.807, 2.05) is 37.4 Å². The predicted octanol–water partition coefficient (Wildman–Crippen LogP) is 3.40. The fraction of sp³-hybridized carbons (Fsp3) is 0.381. The summed E-state index contributed by atoms with van der Waals surface area (Å²) in [5.41, 5.74) is 5.76. The van der Waals surface area contributed by atoms with Gasteiger partial charge in [0, 0.05) is 35.8 Å². The van der Waals surface area contributed by atoms with E-state index in [1.165, 1.54) is 6.07 Å². The Morgan fingerprint density at radius 3 is 2.89 bits per heavy atom. The molecular weight excluding hydrogens is 343 g/mol. The van der Waals surface area contributed by atoms with Crippen LogP contribution in [0.1, 0.15) is 47.0 Å². The van der Waals surface area contributed by atoms with Crippen LogP contribution in [0.25, 0.3) is 5.65 Å². The molecule has 0 spiro atoms. The van der Waals surface area contributed by atoms with Gasteiger partial charge in [0.15, 0.2) is 5.65 Å². The molecule has 1 fully saturated rings. The van der Waals surface area contributed by atoms with E-state index in [0.717, 1.165) is 40.3 Å². The van der Waals surface area contributed by atoms with E-state index in [0.29, 0.717) is 12.8 Å². The van der Waals surface area contributed by atoms with Crippen LogP contribution in [0.4, 0.5) is 4.39 Å². The van der Waals surface area contributed by atoms with Crippen molar-refractivity contribution in [3.05, 3.63) is 64.4 Å². The van der Waals surface area contributed by atoms with Gasteiger partial charge >= 0.3 is 0 Å². The number of halogens is 1. The average molecular weight is 366 g/mol. The summed E-state index contributed by atoms with van der Waals surface area (Å²) in [5.74, 6) is 0.0137. The van der Waals surface area contributed by atoms with Gasteiger partial charge in [0.25, 0.3) is 0 Å². The maximum atomic E-state index is 13.3. The first-order valence-electron chi connectivity index (χ1n) is 9.29. The number of carbonyl (C=O) groups is 1. The van der Waals surface area contributed by atoms with E-state index < -0.39 is 0 Å². The molecular formula is C21H23FN4O. The zero-order valence-corrected chi connectivity index (χ0v) is 15.8. The minimum Gasteiger partial charge on any atom is -0.353 e. The number of amides is 1. The molecule has 3 aromatic rings. The van der Waals surface area contributed by atoms with Gasteiger partial charge in [-0.15, -0.1) is 0 Å². The molecule has 0 saturated heterocycles. The molecule has 1 aromatic carbocycles. The molecule has 1 amide bonds. The highest BCUT2D eigenvalue weighted by molar-refractivity contribution is 5.77. The highest BCUT2D eigenvalue weighted by atomic mass is 19.1. The van der Waals surface area contributed by atoms with Crippen molar-refractivity contribution < 1.29 is 9.18 Å². The molecule has 2 aromatic heterocycles. The lowest BCUT2D eigenvalue weighted by Crippen LogP contribution is -2.27. The molecule has 1 saturated carbocycles. The van der Waals surface area contributed by atoms with Crippen LogP contribution in [0.3, 0.4) is 0 Å². The number of hydrogen-bond donors (Lipinski definition) is 1. The largest absolute Gasteiger partial charge is 0.353 e. The third-order valence-electron chi connectivity index (χ3n) is 5.30. The van der Waals surface area contributed by atoms with Crippen molar-refractivity contribution in [1.82, 2.24) is 19.9 Å². The minimum absolute atomic E-state index is 0.0226. The summed E-state index contributed by atoms with van der Waals surface area (Å²) in [7, 11) is 0. The SMILES string of the molecule is Cc1cc2nc(C)c(CCC(=O)N[C@H]3C[C@@H]3c3cccc(F)c3)c(C)n2n1. The van der Waals surface area contributed by atoms with E-state index in [2.05, 4.69) is 15.4 Å². The number of benzene rings is 1. The molecule has 2 heterocycles. The Morgan fingerprint density at radius 2 is 2.11 bits per heavy atom. The smallest absolute Gasteiger partial charge is 0.220 e. The zero-order valence-electron chi connectivity index (χ0n) is 15.8. The first-order chi connectivity index (χ1) is 12.9. The predicted molar refractivity (Wildman–Crippen MR) is 101 cm³/mol. The fourth-order valence-electron chi connectivity index (χ4n) is 3.78. The van der Waals surface area contributed by atoms with Gasteiger partial charge in [-0.1, -0.05) is 12.1 Å². The van der Waals surface area contributed by atoms with Crippen LogP contribution in [0.2, 0.25) is 0 Å². The molecule has 27 heavy (non-hydrogen) atoms. The molecule has 0 unspecified atom stereocenters. The lowest BCUT2D eigenvalue weighted by atomic mass is 10.1. The number of carbonyl (C=O) groups excluding carboxylic acids is 1. The van der Waals surface area contributed by atoms with Gasteiger partial charge in [-0.25, -0.2) is 13.9 Å². The molecule has 1 aliphatic carbocycles. The zero-order chi connectivity index (χ0) is 19.1. The Hall–Kier alpha value is -2.76. The van der Waals surface area contributed by atoms with Gasteiger partial charge in [-0.2, -0.15) is 5.10 Å². The molecule has 1 aliphatic rings. The molecule has 1 N–H and O–H groups in total. The van der Waals surface area contributed by atoms with Gasteiger partial charge in [-0.3, -0.25) is 4.79 Å². The van der Waals surface area contributed by atoms with Crippen LogP contribution in [-0.4, -0.2) is 26.5 Å². The van der Waals surface area contributed by atoms with E-state index in [-0.39, 0.29) is 23.7 Å². The van der Waals surface area contributed by atoms with E-state index >= 15 is 0 Å². The van der Waals surface area contributed by atoms with Crippen LogP contribution < -0.4 is 5.32 Å². The number of aryl methyl sites for hydroxylation is 3. The van der Waals surface area contributed by atoms with Gasteiger partial charge < -0.3 is 5.32 Å². The van der Waals surface area contributed by atoms with E-state index in [9.17, 15) is 9.18 Å². The van der Waals surface area contributed by atoms with E-state index in [1.54, 1.807) is 12.1 Å². The Kier molecular flexibility index (Phi) is 4.42. The third-order valence-corrected chi connectivity index (χ3v) is 5.30. The summed E-state index contributed by atoms with van der Waals surface area (Å²) >= 11 is 0. The second kappa shape index (κ2) is 6.76. The van der Waals surface area contributed by atoms with Crippen LogP contribution in [-0.2, 0) is 11.2 Å². The Bertz CT molecular complexity index is 1030. The first kappa shape index (κ1) is 17.6. The number of fused-ring (bicyclic) bond motifs is 1. The Morgan fingerprint density at radius 1 is 1.30 bits per heavy atom. The summed E-state index contributed by atoms with van der Waals surface area (Å²) in [6, 6.07) is 8.69. The standard InChI is InChI=1S/C21H23FN4O/c1-12-9-20-23-13(2)17(14(3)26(20)25-12)7-8-21(27)24-19-11-18(19)15-5-4-6-16(22)10-15/h4-6,9-10,18-19H,7-8,11H2,1-3H3,(H,24,27)/t18-,19+/m1/s1. The topological polar surface area (TPSA) is 59.3 Å². The average Bonchev–Trinajstić information content (AvgIpc) is 3.27. The molecule has 0 aliphatic heterocycles. The van der Waals surface area contributed by atoms with Crippen LogP contribution in [0.15, 0.2) is 30.3 Å². The Labute approximate surface area is 157 Å². The molecule has 5 nitrogen and oxygen atoms in total. The summed E-state index contributed by atoms with van der Waals surface area (Å²) in [6.45, 7) is 5.94. The summed E-state index contributed by atoms with van der Waals surface area (Å²) in [6.07, 6.45) is 1.90. The second-order valence-electron chi connectivity index (χ2n) is 7.39. The van der Waals surface area contributed by atoms with Crippen molar-refractivity contribution in [1.29, 1.82) is 0 Å². The summed E-state index contributed by atoms with van der Waals surface area (Å²) < 4.78 is 15.2. The van der Waals surface area contributed by atoms with E-state index in [4.69, 9.17) is 0 Å². The number of nitrogens with zero attached hydrogens (tertiary/aromatic N) is 3. The quantitative estimate of drug-likeness (QED) is 0.753. The molecule has 4 rings (SSSR count). The number of hydrogen-bond acceptors (Lipinski definition) is 3. The maximum Gasteiger partial charge on any atom is 0.220 e. The second-order valence-corrected chi connectivity index (χ2v) is 7.39. The van der Waals surface area contributed by atoms with Crippen molar-refractivity contribution in [2.75, 3.05) is 0 Å². The minimum atomic E-state index is -0.229. The van der Waals surface area contributed by atoms with Crippen LogP contribution in [0.5, 0.6) is 0 Å². The molecule has 140 valence electrons. The highest BCUT2D eigenvalue weighted by Crippen LogP contribution is 2.40. The molecule has 6 heteroatoms. The van der Waals surface area contributed by atoms with Crippen molar-refractivity contribution in [3.8, 4) is 0 Å². The lowest BCUT2D eigenvalue weighted by Gasteiger charge is -2.11. The number of nitrogens with one attached hydrogen (secondary N) is 1. The number of aromatic nitrogens is 3. The maximum absolute atomic E-state index is 13.3. The van der Waals surface area contributed by atoms with Crippen molar-refractivity contribution >= 4 is 11.6 Å². The van der Waals surface area contributed by atoms with Gasteiger partial charge in [0.1, 0.15) is 5.82 Å². The first-order valence-corrected chi connectivity index (χ1v) is 9.29. The third kappa shape index (κ3) is 3.56. The molecule has 0 bridgehead atoms. The molecule has 0 radical (unpaired) electrons. The summed E-state index contributed by atoms with van der Waals surface area (Å²) in [4.78, 5) is 17.0. The van der Waals surface area contributed by atoms with Crippen LogP contribution >= 0.6 is 0 Å². The number of rotatable bonds is 5. The fourth-order valence-corrected chi connectivity index (χ4v) is 3.78. The highest BCUT2D eigenvalue weighted by Gasteiger charge is 2.39.